The van der Waals surface area contributed by atoms with Crippen LogP contribution in [0.5, 0.6) is 0 Å². The predicted octanol–water partition coefficient (Wildman–Crippen LogP) is 4.64. The lowest BCUT2D eigenvalue weighted by Crippen LogP contribution is -2.63. The third-order valence-electron chi connectivity index (χ3n) is 5.55. The average molecular weight is 612 g/mol. The third-order valence-corrected chi connectivity index (χ3v) is 6.45. The summed E-state index contributed by atoms with van der Waals surface area (Å²) in [5.41, 5.74) is -0.701. The van der Waals surface area contributed by atoms with Crippen molar-refractivity contribution >= 4 is 46.1 Å². The second-order valence-corrected chi connectivity index (χ2v) is 9.21. The molecule has 1 atom stereocenters. The molecule has 35 heavy (non-hydrogen) atoms. The number of halogens is 7. The monoisotopic (exact) mass is 612 g/mol. The lowest BCUT2D eigenvalue weighted by atomic mass is 10.1. The number of rotatable bonds is 4. The van der Waals surface area contributed by atoms with E-state index in [4.69, 9.17) is 0 Å². The number of nitrogens with one attached hydrogen (secondary N) is 2. The normalized spacial score (nSPS) is 20.5. The highest BCUT2D eigenvalue weighted by Crippen LogP contribution is 2.40. The number of hydrogen-bond acceptors (Lipinski definition) is 4. The lowest BCUT2D eigenvalue weighted by molar-refractivity contribution is -0.245. The zero-order valence-corrected chi connectivity index (χ0v) is 19.8. The highest BCUT2D eigenvalue weighted by atomic mass is 127. The zero-order valence-electron chi connectivity index (χ0n) is 17.6. The van der Waals surface area contributed by atoms with Gasteiger partial charge in [0.1, 0.15) is 0 Å². The summed E-state index contributed by atoms with van der Waals surface area (Å²) in [4.78, 5) is 38.8. The van der Waals surface area contributed by atoms with Gasteiger partial charge < -0.3 is 5.32 Å². The van der Waals surface area contributed by atoms with Gasteiger partial charge in [0, 0.05) is 3.57 Å². The summed E-state index contributed by atoms with van der Waals surface area (Å²) < 4.78 is 79.5. The Hall–Kier alpha value is -2.88. The molecule has 14 heteroatoms. The first kappa shape index (κ1) is 25.2. The molecule has 2 N–H and O–H groups in total. The number of carbonyl (C=O) groups is 3. The fourth-order valence-corrected chi connectivity index (χ4v) is 4.73. The number of urea groups is 1. The molecule has 186 valence electrons. The van der Waals surface area contributed by atoms with Crippen molar-refractivity contribution in [1.29, 1.82) is 0 Å². The van der Waals surface area contributed by atoms with Crippen molar-refractivity contribution in [1.82, 2.24) is 15.8 Å². The Kier molecular flexibility index (Phi) is 6.02. The molecular weight excluding hydrogens is 597 g/mol. The Balaban J connectivity index is 1.58. The molecular formula is C21H15F6IN4O3. The number of hydrazine groups is 1. The second kappa shape index (κ2) is 8.36. The Labute approximate surface area is 207 Å². The van der Waals surface area contributed by atoms with Gasteiger partial charge in [-0.15, -0.1) is 0 Å². The molecule has 2 heterocycles. The molecule has 2 aliphatic rings. The molecule has 1 saturated heterocycles. The highest BCUT2D eigenvalue weighted by molar-refractivity contribution is 14.1. The number of amides is 4. The highest BCUT2D eigenvalue weighted by Gasteiger charge is 2.65. The van der Waals surface area contributed by atoms with E-state index < -0.39 is 48.8 Å². The fourth-order valence-electron chi connectivity index (χ4n) is 4.00. The standard InChI is InChI=1S/C21H15F6IN4O3/c1-10-7-11(8-31-18(35)29-19(30-31,21(25,26)27)9-20(22,23)24)5-6-14(10)32-16(33)12-3-2-4-13(28)15(12)17(32)34/h2-7,30H,8-9H2,1H3,(H,29,35). The molecule has 7 nitrogen and oxygen atoms in total. The van der Waals surface area contributed by atoms with E-state index in [9.17, 15) is 40.7 Å². The summed E-state index contributed by atoms with van der Waals surface area (Å²) >= 11 is 1.94. The van der Waals surface area contributed by atoms with Crippen LogP contribution >= 0.6 is 22.6 Å². The van der Waals surface area contributed by atoms with E-state index in [2.05, 4.69) is 0 Å². The van der Waals surface area contributed by atoms with Gasteiger partial charge in [-0.25, -0.2) is 9.69 Å². The number of hydrogen-bond donors (Lipinski definition) is 2. The molecule has 0 spiro atoms. The van der Waals surface area contributed by atoms with Crippen LogP contribution in [0, 0.1) is 10.5 Å². The van der Waals surface area contributed by atoms with Gasteiger partial charge in [-0.05, 0) is 58.8 Å². The van der Waals surface area contributed by atoms with Crippen molar-refractivity contribution in [2.45, 2.75) is 37.9 Å². The quantitative estimate of drug-likeness (QED) is 0.300. The smallest absolute Gasteiger partial charge is 0.309 e. The van der Waals surface area contributed by atoms with Crippen LogP contribution in [0.1, 0.15) is 38.3 Å². The number of imide groups is 1. The number of aryl methyl sites for hydroxylation is 1. The van der Waals surface area contributed by atoms with Gasteiger partial charge in [0.05, 0.1) is 29.8 Å². The van der Waals surface area contributed by atoms with Gasteiger partial charge in [0.15, 0.2) is 0 Å². The van der Waals surface area contributed by atoms with Crippen molar-refractivity contribution in [3.63, 3.8) is 0 Å². The summed E-state index contributed by atoms with van der Waals surface area (Å²) in [6.07, 6.45) is -13.0. The van der Waals surface area contributed by atoms with E-state index in [0.717, 1.165) is 4.90 Å². The summed E-state index contributed by atoms with van der Waals surface area (Å²) in [7, 11) is 0. The van der Waals surface area contributed by atoms with E-state index in [1.165, 1.54) is 29.6 Å². The fraction of sp³-hybridized carbons (Fsp3) is 0.286. The first-order valence-corrected chi connectivity index (χ1v) is 11.0. The van der Waals surface area contributed by atoms with Crippen LogP contribution in [-0.2, 0) is 6.54 Å². The van der Waals surface area contributed by atoms with Gasteiger partial charge in [-0.1, -0.05) is 18.2 Å². The summed E-state index contributed by atoms with van der Waals surface area (Å²) in [6.45, 7) is 1.04. The zero-order chi connectivity index (χ0) is 25.9. The molecule has 0 radical (unpaired) electrons. The van der Waals surface area contributed by atoms with Gasteiger partial charge in [-0.2, -0.15) is 31.8 Å². The van der Waals surface area contributed by atoms with Crippen LogP contribution in [0.4, 0.5) is 36.8 Å². The SMILES string of the molecule is Cc1cc(CN2NC(CC(F)(F)F)(C(F)(F)F)NC2=O)ccc1N1C(=O)c2cccc(I)c2C1=O. The Morgan fingerprint density at radius 1 is 1.00 bits per heavy atom. The van der Waals surface area contributed by atoms with Crippen molar-refractivity contribution in [3.05, 3.63) is 62.2 Å². The number of carbonyl (C=O) groups excluding carboxylic acids is 3. The van der Waals surface area contributed by atoms with Gasteiger partial charge in [-0.3, -0.25) is 14.6 Å². The molecule has 1 unspecified atom stereocenters. The van der Waals surface area contributed by atoms with E-state index in [-0.39, 0.29) is 22.4 Å². The summed E-state index contributed by atoms with van der Waals surface area (Å²) in [5, 5.41) is 1.77. The van der Waals surface area contributed by atoms with E-state index in [1.807, 2.05) is 22.6 Å². The topological polar surface area (TPSA) is 81.8 Å². The van der Waals surface area contributed by atoms with Gasteiger partial charge in [0.25, 0.3) is 11.8 Å². The largest absolute Gasteiger partial charge is 0.427 e. The van der Waals surface area contributed by atoms with Gasteiger partial charge >= 0.3 is 18.4 Å². The first-order chi connectivity index (χ1) is 16.1. The molecule has 1 fully saturated rings. The second-order valence-electron chi connectivity index (χ2n) is 8.05. The van der Waals surface area contributed by atoms with Crippen molar-refractivity contribution < 1.29 is 40.7 Å². The number of fused-ring (bicyclic) bond motifs is 1. The number of anilines is 1. The van der Waals surface area contributed by atoms with E-state index in [0.29, 0.717) is 14.1 Å². The predicted molar refractivity (Wildman–Crippen MR) is 118 cm³/mol. The molecule has 2 aromatic rings. The Morgan fingerprint density at radius 2 is 1.69 bits per heavy atom. The minimum Gasteiger partial charge on any atom is -0.309 e. The summed E-state index contributed by atoms with van der Waals surface area (Å²) in [6, 6.07) is 7.63. The molecule has 0 aliphatic carbocycles. The van der Waals surface area contributed by atoms with E-state index >= 15 is 0 Å². The minimum atomic E-state index is -5.43. The van der Waals surface area contributed by atoms with Crippen molar-refractivity contribution in [2.24, 2.45) is 0 Å². The van der Waals surface area contributed by atoms with Crippen molar-refractivity contribution in [3.8, 4) is 0 Å². The van der Waals surface area contributed by atoms with Crippen LogP contribution in [0.25, 0.3) is 0 Å². The molecule has 4 amide bonds. The van der Waals surface area contributed by atoms with E-state index in [1.54, 1.807) is 24.5 Å². The first-order valence-electron chi connectivity index (χ1n) is 9.91. The van der Waals surface area contributed by atoms with Gasteiger partial charge in [0.2, 0.25) is 5.66 Å². The number of benzene rings is 2. The molecule has 0 aromatic heterocycles. The van der Waals surface area contributed by atoms with Crippen molar-refractivity contribution in [2.75, 3.05) is 4.90 Å². The average Bonchev–Trinajstić information content (AvgIpc) is 3.16. The maximum Gasteiger partial charge on any atom is 0.427 e. The third kappa shape index (κ3) is 4.44. The molecule has 2 aliphatic heterocycles. The van der Waals surface area contributed by atoms with Crippen LogP contribution < -0.4 is 15.6 Å². The summed E-state index contributed by atoms with van der Waals surface area (Å²) in [5.74, 6) is -1.07. The molecule has 0 bridgehead atoms. The van der Waals surface area contributed by atoms with Crippen LogP contribution in [0.3, 0.4) is 0 Å². The Bertz CT molecular complexity index is 1250. The van der Waals surface area contributed by atoms with Crippen LogP contribution in [-0.4, -0.2) is 40.9 Å². The molecule has 2 aromatic carbocycles. The molecule has 4 rings (SSSR count). The maximum absolute atomic E-state index is 13.5. The lowest BCUT2D eigenvalue weighted by Gasteiger charge is -2.32. The number of alkyl halides is 6. The minimum absolute atomic E-state index is 0.233. The molecule has 0 saturated carbocycles. The van der Waals surface area contributed by atoms with Crippen LogP contribution in [0.2, 0.25) is 0 Å². The Morgan fingerprint density at radius 3 is 2.26 bits per heavy atom. The number of nitrogens with zero attached hydrogens (tertiary/aromatic N) is 2. The maximum atomic E-state index is 13.5. The van der Waals surface area contributed by atoms with Crippen LogP contribution in [0.15, 0.2) is 36.4 Å².